The minimum absolute atomic E-state index is 0.141. The van der Waals surface area contributed by atoms with Gasteiger partial charge in [-0.15, -0.1) is 0 Å². The molecule has 0 fully saturated rings. The van der Waals surface area contributed by atoms with E-state index in [2.05, 4.69) is 4.99 Å². The Bertz CT molecular complexity index is 1940. The number of nitro benzene ring substituents is 1. The number of rotatable bonds is 8. The number of carbonyl (C=O) groups is 1. The summed E-state index contributed by atoms with van der Waals surface area (Å²) < 4.78 is 23.9. The fourth-order valence-corrected chi connectivity index (χ4v) is 5.95. The van der Waals surface area contributed by atoms with Crippen molar-refractivity contribution < 1.29 is 28.3 Å². The Morgan fingerprint density at radius 3 is 2.60 bits per heavy atom. The molecule has 5 rings (SSSR count). The Labute approximate surface area is 247 Å². The molecule has 42 heavy (non-hydrogen) atoms. The molecule has 0 saturated heterocycles. The summed E-state index contributed by atoms with van der Waals surface area (Å²) in [6.07, 6.45) is 1.57. The Morgan fingerprint density at radius 1 is 1.17 bits per heavy atom. The van der Waals surface area contributed by atoms with Gasteiger partial charge < -0.3 is 18.6 Å². The lowest BCUT2D eigenvalue weighted by atomic mass is 9.95. The van der Waals surface area contributed by atoms with E-state index in [1.54, 1.807) is 50.3 Å². The predicted octanol–water partition coefficient (Wildman–Crippen LogP) is 4.64. The minimum atomic E-state index is -0.840. The van der Waals surface area contributed by atoms with Gasteiger partial charge in [0.1, 0.15) is 11.5 Å². The minimum Gasteiger partial charge on any atom is -0.493 e. The van der Waals surface area contributed by atoms with Gasteiger partial charge in [0.15, 0.2) is 16.3 Å². The van der Waals surface area contributed by atoms with Gasteiger partial charge in [-0.2, -0.15) is 0 Å². The third-order valence-electron chi connectivity index (χ3n) is 6.57. The smallest absolute Gasteiger partial charge is 0.338 e. The Kier molecular flexibility index (Phi) is 8.01. The normalized spacial score (nSPS) is 14.8. The number of methoxy groups -OCH3 is 2. The van der Waals surface area contributed by atoms with E-state index in [0.29, 0.717) is 49.2 Å². The summed E-state index contributed by atoms with van der Waals surface area (Å²) in [4.78, 5) is 42.5. The van der Waals surface area contributed by atoms with Crippen LogP contribution in [0.25, 0.3) is 17.4 Å². The third-order valence-corrected chi connectivity index (χ3v) is 7.87. The lowest BCUT2D eigenvalue weighted by Crippen LogP contribution is -2.39. The van der Waals surface area contributed by atoms with Gasteiger partial charge in [0.05, 0.1) is 52.6 Å². The van der Waals surface area contributed by atoms with Crippen LogP contribution in [0.4, 0.5) is 5.69 Å². The standard InChI is InChI=1S/C29H24ClN3O8S/c1-5-40-28(35)25-15(2)31-29-32(26(25)16-6-10-22(38-3)23(12-16)39-4)27(34)24(42-29)14-18-8-11-21(41-18)19-9-7-17(33(36)37)13-20(19)30/h6-14,26H,5H2,1-4H3/b24-14-/t26-/m0/s1. The number of allylic oxidation sites excluding steroid dienone is 1. The lowest BCUT2D eigenvalue weighted by molar-refractivity contribution is -0.384. The van der Waals surface area contributed by atoms with Gasteiger partial charge in [-0.3, -0.25) is 19.5 Å². The number of ether oxygens (including phenoxy) is 3. The number of aromatic nitrogens is 1. The topological polar surface area (TPSA) is 135 Å². The number of non-ortho nitro benzene ring substituents is 1. The molecule has 0 N–H and O–H groups in total. The summed E-state index contributed by atoms with van der Waals surface area (Å²) in [5.41, 5.74) is 1.19. The van der Waals surface area contributed by atoms with Gasteiger partial charge in [0.2, 0.25) is 0 Å². The number of hydrogen-bond donors (Lipinski definition) is 0. The van der Waals surface area contributed by atoms with E-state index in [-0.39, 0.29) is 28.4 Å². The van der Waals surface area contributed by atoms with E-state index >= 15 is 0 Å². The average Bonchev–Trinajstić information content (AvgIpc) is 3.55. The maximum atomic E-state index is 13.9. The molecule has 11 nitrogen and oxygen atoms in total. The van der Waals surface area contributed by atoms with Crippen LogP contribution >= 0.6 is 22.9 Å². The number of benzene rings is 2. The van der Waals surface area contributed by atoms with E-state index in [0.717, 1.165) is 11.3 Å². The van der Waals surface area contributed by atoms with Crippen LogP contribution in [-0.4, -0.2) is 36.3 Å². The fourth-order valence-electron chi connectivity index (χ4n) is 4.65. The summed E-state index contributed by atoms with van der Waals surface area (Å²) in [6.45, 7) is 3.55. The van der Waals surface area contributed by atoms with E-state index < -0.39 is 16.9 Å². The number of nitro groups is 1. The van der Waals surface area contributed by atoms with Crippen molar-refractivity contribution in [1.29, 1.82) is 0 Å². The van der Waals surface area contributed by atoms with Gasteiger partial charge >= 0.3 is 5.97 Å². The summed E-state index contributed by atoms with van der Waals surface area (Å²) >= 11 is 7.41. The third kappa shape index (κ3) is 5.21. The number of fused-ring (bicyclic) bond motifs is 1. The highest BCUT2D eigenvalue weighted by molar-refractivity contribution is 7.07. The average molecular weight is 610 g/mol. The zero-order chi connectivity index (χ0) is 30.1. The molecule has 216 valence electrons. The number of hydrogen-bond acceptors (Lipinski definition) is 10. The number of carbonyl (C=O) groups excluding carboxylic acids is 1. The molecule has 0 spiro atoms. The first-order valence-electron chi connectivity index (χ1n) is 12.6. The van der Waals surface area contributed by atoms with E-state index in [1.807, 2.05) is 0 Å². The molecule has 2 aromatic carbocycles. The molecule has 0 radical (unpaired) electrons. The SMILES string of the molecule is CCOC(=O)C1=C(C)N=c2s/c(=C\c3ccc(-c4ccc([N+](=O)[O-])cc4Cl)o3)c(=O)n2[C@H]1c1ccc(OC)c(OC)c1. The second-order valence-corrected chi connectivity index (χ2v) is 10.5. The van der Waals surface area contributed by atoms with Crippen LogP contribution < -0.4 is 24.4 Å². The highest BCUT2D eigenvalue weighted by Gasteiger charge is 2.34. The van der Waals surface area contributed by atoms with Crippen LogP contribution in [-0.2, 0) is 9.53 Å². The van der Waals surface area contributed by atoms with Crippen molar-refractivity contribution in [3.63, 3.8) is 0 Å². The number of furan rings is 1. The van der Waals surface area contributed by atoms with Gasteiger partial charge in [-0.25, -0.2) is 9.79 Å². The molecule has 13 heteroatoms. The molecule has 4 aromatic rings. The first-order chi connectivity index (χ1) is 20.2. The van der Waals surface area contributed by atoms with Crippen LogP contribution in [0.3, 0.4) is 0 Å². The van der Waals surface area contributed by atoms with Gasteiger partial charge in [0.25, 0.3) is 11.2 Å². The molecule has 0 aliphatic carbocycles. The highest BCUT2D eigenvalue weighted by atomic mass is 35.5. The zero-order valence-corrected chi connectivity index (χ0v) is 24.4. The number of thiazole rings is 1. The van der Waals surface area contributed by atoms with E-state index in [9.17, 15) is 19.7 Å². The van der Waals surface area contributed by atoms with Crippen molar-refractivity contribution >= 4 is 40.7 Å². The van der Waals surface area contributed by atoms with Crippen LogP contribution in [0, 0.1) is 10.1 Å². The second kappa shape index (κ2) is 11.7. The van der Waals surface area contributed by atoms with Crippen LogP contribution in [0.2, 0.25) is 5.02 Å². The highest BCUT2D eigenvalue weighted by Crippen LogP contribution is 2.36. The monoisotopic (exact) mass is 609 g/mol. The van der Waals surface area contributed by atoms with Gasteiger partial charge in [-0.1, -0.05) is 29.0 Å². The first-order valence-corrected chi connectivity index (χ1v) is 13.8. The van der Waals surface area contributed by atoms with Crippen molar-refractivity contribution in [2.24, 2.45) is 4.99 Å². The zero-order valence-electron chi connectivity index (χ0n) is 22.9. The van der Waals surface area contributed by atoms with Crippen molar-refractivity contribution in [3.8, 4) is 22.8 Å². The molecule has 0 amide bonds. The van der Waals surface area contributed by atoms with Crippen molar-refractivity contribution in [3.05, 3.63) is 106 Å². The molecule has 0 bridgehead atoms. The molecule has 3 heterocycles. The fraction of sp³-hybridized carbons (Fsp3) is 0.207. The van der Waals surface area contributed by atoms with Gasteiger partial charge in [-0.05, 0) is 49.7 Å². The van der Waals surface area contributed by atoms with Crippen molar-refractivity contribution in [1.82, 2.24) is 4.57 Å². The number of nitrogens with zero attached hydrogens (tertiary/aromatic N) is 3. The number of halogens is 1. The lowest BCUT2D eigenvalue weighted by Gasteiger charge is -2.25. The molecule has 1 aliphatic heterocycles. The van der Waals surface area contributed by atoms with E-state index in [4.69, 9.17) is 30.2 Å². The first kappa shape index (κ1) is 28.8. The molecule has 1 aliphatic rings. The predicted molar refractivity (Wildman–Crippen MR) is 156 cm³/mol. The van der Waals surface area contributed by atoms with Crippen LogP contribution in [0.15, 0.2) is 74.0 Å². The largest absolute Gasteiger partial charge is 0.493 e. The Balaban J connectivity index is 1.63. The quantitative estimate of drug-likeness (QED) is 0.160. The van der Waals surface area contributed by atoms with E-state index in [1.165, 1.54) is 37.0 Å². The Hall–Kier alpha value is -4.68. The van der Waals surface area contributed by atoms with Crippen LogP contribution in [0.5, 0.6) is 11.5 Å². The molecule has 0 unspecified atom stereocenters. The summed E-state index contributed by atoms with van der Waals surface area (Å²) in [5, 5.41) is 11.2. The molecule has 0 saturated carbocycles. The maximum Gasteiger partial charge on any atom is 0.338 e. The summed E-state index contributed by atoms with van der Waals surface area (Å²) in [5.74, 6) is 1.08. The number of esters is 1. The Morgan fingerprint density at radius 2 is 1.93 bits per heavy atom. The van der Waals surface area contributed by atoms with Gasteiger partial charge in [0, 0.05) is 23.8 Å². The van der Waals surface area contributed by atoms with Crippen LogP contribution in [0.1, 0.15) is 31.2 Å². The van der Waals surface area contributed by atoms with Crippen molar-refractivity contribution in [2.75, 3.05) is 20.8 Å². The summed E-state index contributed by atoms with van der Waals surface area (Å²) in [7, 11) is 3.02. The molecular formula is C29H24ClN3O8S. The molecular weight excluding hydrogens is 586 g/mol. The van der Waals surface area contributed by atoms with Crippen molar-refractivity contribution in [2.45, 2.75) is 19.9 Å². The second-order valence-electron chi connectivity index (χ2n) is 9.04. The maximum absolute atomic E-state index is 13.9. The summed E-state index contributed by atoms with van der Waals surface area (Å²) in [6, 6.07) is 11.7. The molecule has 2 aromatic heterocycles. The molecule has 1 atom stereocenters.